The molecule has 0 aromatic carbocycles. The van der Waals surface area contributed by atoms with E-state index in [-0.39, 0.29) is 0 Å². The van der Waals surface area contributed by atoms with Gasteiger partial charge in [-0.1, -0.05) is 4.49 Å². The monoisotopic (exact) mass is 198 g/mol. The summed E-state index contributed by atoms with van der Waals surface area (Å²) in [5, 5.41) is 9.40. The van der Waals surface area contributed by atoms with Crippen molar-refractivity contribution in [1.82, 2.24) is 19.8 Å². The molecule has 0 aliphatic carbocycles. The van der Waals surface area contributed by atoms with E-state index in [4.69, 9.17) is 0 Å². The molecule has 0 bridgehead atoms. The van der Waals surface area contributed by atoms with Gasteiger partial charge >= 0.3 is 0 Å². The lowest BCUT2D eigenvalue weighted by atomic mass is 10.3. The highest BCUT2D eigenvalue weighted by atomic mass is 32.1. The van der Waals surface area contributed by atoms with Crippen LogP contribution in [0.25, 0.3) is 0 Å². The number of rotatable bonds is 3. The van der Waals surface area contributed by atoms with Crippen LogP contribution in [0.2, 0.25) is 0 Å². The molecule has 1 aliphatic rings. The van der Waals surface area contributed by atoms with Crippen molar-refractivity contribution in [3.8, 4) is 0 Å². The Kier molecular flexibility index (Phi) is 3.23. The molecule has 1 fully saturated rings. The summed E-state index contributed by atoms with van der Waals surface area (Å²) >= 11 is 1.43. The molecule has 0 unspecified atom stereocenters. The minimum absolute atomic E-state index is 1.04. The molecular formula is C8H14N4S. The average Bonchev–Trinajstić information content (AvgIpc) is 2.69. The SMILES string of the molecule is c1snnc1CCN1CCNCC1. The molecule has 0 saturated carbocycles. The van der Waals surface area contributed by atoms with Crippen molar-refractivity contribution in [2.45, 2.75) is 6.42 Å². The summed E-state index contributed by atoms with van der Waals surface area (Å²) in [5.41, 5.74) is 1.13. The van der Waals surface area contributed by atoms with Crippen molar-refractivity contribution >= 4 is 11.5 Å². The van der Waals surface area contributed by atoms with Gasteiger partial charge in [0.05, 0.1) is 5.69 Å². The molecular weight excluding hydrogens is 184 g/mol. The Bertz CT molecular complexity index is 230. The Balaban J connectivity index is 1.72. The highest BCUT2D eigenvalue weighted by Crippen LogP contribution is 2.00. The van der Waals surface area contributed by atoms with Crippen molar-refractivity contribution in [3.63, 3.8) is 0 Å². The molecule has 1 N–H and O–H groups in total. The van der Waals surface area contributed by atoms with E-state index in [1.54, 1.807) is 0 Å². The molecule has 4 nitrogen and oxygen atoms in total. The standard InChI is InChI=1S/C8H14N4S/c1(8-7-13-11-10-8)4-12-5-2-9-3-6-12/h7,9H,1-6H2. The maximum Gasteiger partial charge on any atom is 0.0768 e. The fourth-order valence-electron chi connectivity index (χ4n) is 1.50. The van der Waals surface area contributed by atoms with Crippen molar-refractivity contribution in [2.75, 3.05) is 32.7 Å². The largest absolute Gasteiger partial charge is 0.314 e. The number of hydrogen-bond acceptors (Lipinski definition) is 5. The van der Waals surface area contributed by atoms with Crippen LogP contribution in [0.5, 0.6) is 0 Å². The maximum atomic E-state index is 4.03. The molecule has 72 valence electrons. The molecule has 1 saturated heterocycles. The predicted molar refractivity (Wildman–Crippen MR) is 52.9 cm³/mol. The lowest BCUT2D eigenvalue weighted by Crippen LogP contribution is -2.44. The van der Waals surface area contributed by atoms with Gasteiger partial charge in [0.25, 0.3) is 0 Å². The topological polar surface area (TPSA) is 41.1 Å². The number of nitrogens with zero attached hydrogens (tertiary/aromatic N) is 3. The third kappa shape index (κ3) is 2.72. The van der Waals surface area contributed by atoms with Gasteiger partial charge in [-0.2, -0.15) is 0 Å². The first-order chi connectivity index (χ1) is 6.45. The van der Waals surface area contributed by atoms with E-state index < -0.39 is 0 Å². The Morgan fingerprint density at radius 2 is 2.31 bits per heavy atom. The van der Waals surface area contributed by atoms with Crippen LogP contribution in [-0.2, 0) is 6.42 Å². The molecule has 0 spiro atoms. The van der Waals surface area contributed by atoms with E-state index in [0.717, 1.165) is 44.8 Å². The molecule has 0 amide bonds. The fraction of sp³-hybridized carbons (Fsp3) is 0.750. The molecule has 1 aliphatic heterocycles. The van der Waals surface area contributed by atoms with Crippen molar-refractivity contribution in [3.05, 3.63) is 11.1 Å². The summed E-state index contributed by atoms with van der Waals surface area (Å²) in [4.78, 5) is 2.47. The van der Waals surface area contributed by atoms with Gasteiger partial charge < -0.3 is 10.2 Å². The number of aromatic nitrogens is 2. The molecule has 0 radical (unpaired) electrons. The van der Waals surface area contributed by atoms with Crippen LogP contribution in [0.4, 0.5) is 0 Å². The molecule has 13 heavy (non-hydrogen) atoms. The average molecular weight is 198 g/mol. The van der Waals surface area contributed by atoms with Crippen molar-refractivity contribution in [1.29, 1.82) is 0 Å². The minimum Gasteiger partial charge on any atom is -0.314 e. The number of nitrogens with one attached hydrogen (secondary N) is 1. The van der Waals surface area contributed by atoms with E-state index in [0.29, 0.717) is 0 Å². The quantitative estimate of drug-likeness (QED) is 0.741. The van der Waals surface area contributed by atoms with Crippen LogP contribution in [0.3, 0.4) is 0 Å². The Morgan fingerprint density at radius 3 is 3.00 bits per heavy atom. The highest BCUT2D eigenvalue weighted by Gasteiger charge is 2.09. The van der Waals surface area contributed by atoms with E-state index >= 15 is 0 Å². The number of piperazine rings is 1. The van der Waals surface area contributed by atoms with E-state index in [9.17, 15) is 0 Å². The molecule has 2 rings (SSSR count). The summed E-state index contributed by atoms with van der Waals surface area (Å²) < 4.78 is 3.85. The van der Waals surface area contributed by atoms with E-state index in [1.165, 1.54) is 11.5 Å². The van der Waals surface area contributed by atoms with Gasteiger partial charge in [0.15, 0.2) is 0 Å². The smallest absolute Gasteiger partial charge is 0.0768 e. The first-order valence-corrected chi connectivity index (χ1v) is 5.48. The van der Waals surface area contributed by atoms with Gasteiger partial charge in [-0.15, -0.1) is 5.10 Å². The molecule has 5 heteroatoms. The van der Waals surface area contributed by atoms with Gasteiger partial charge in [-0.25, -0.2) is 0 Å². The lowest BCUT2D eigenvalue weighted by molar-refractivity contribution is 0.243. The zero-order valence-corrected chi connectivity index (χ0v) is 8.39. The number of hydrogen-bond donors (Lipinski definition) is 1. The maximum absolute atomic E-state index is 4.03. The van der Waals surface area contributed by atoms with Crippen LogP contribution < -0.4 is 5.32 Å². The van der Waals surface area contributed by atoms with Gasteiger partial charge in [0, 0.05) is 44.5 Å². The third-order valence-corrected chi connectivity index (χ3v) is 2.85. The predicted octanol–water partition coefficient (Wildman–Crippen LogP) is -0.0142. The molecule has 1 aromatic rings. The summed E-state index contributed by atoms with van der Waals surface area (Å²) in [6, 6.07) is 0. The minimum atomic E-state index is 1.04. The Morgan fingerprint density at radius 1 is 1.46 bits per heavy atom. The molecule has 0 atom stereocenters. The summed E-state index contributed by atoms with van der Waals surface area (Å²) in [7, 11) is 0. The van der Waals surface area contributed by atoms with Crippen LogP contribution >= 0.6 is 11.5 Å². The first-order valence-electron chi connectivity index (χ1n) is 4.64. The van der Waals surface area contributed by atoms with E-state index in [1.807, 2.05) is 5.38 Å². The van der Waals surface area contributed by atoms with Crippen LogP contribution in [0, 0.1) is 0 Å². The van der Waals surface area contributed by atoms with Crippen LogP contribution in [-0.4, -0.2) is 47.2 Å². The Hall–Kier alpha value is -0.520. The Labute approximate surface area is 82.1 Å². The van der Waals surface area contributed by atoms with Gasteiger partial charge in [0.1, 0.15) is 0 Å². The molecule has 1 aromatic heterocycles. The first kappa shape index (κ1) is 9.05. The van der Waals surface area contributed by atoms with Gasteiger partial charge in [0.2, 0.25) is 0 Å². The van der Waals surface area contributed by atoms with Crippen LogP contribution in [0.15, 0.2) is 5.38 Å². The van der Waals surface area contributed by atoms with Crippen molar-refractivity contribution < 1.29 is 0 Å². The highest BCUT2D eigenvalue weighted by molar-refractivity contribution is 7.03. The second-order valence-electron chi connectivity index (χ2n) is 3.24. The van der Waals surface area contributed by atoms with Crippen molar-refractivity contribution in [2.24, 2.45) is 0 Å². The normalized spacial score (nSPS) is 19.1. The van der Waals surface area contributed by atoms with Crippen LogP contribution in [0.1, 0.15) is 5.69 Å². The zero-order valence-electron chi connectivity index (χ0n) is 7.57. The second kappa shape index (κ2) is 4.64. The third-order valence-electron chi connectivity index (χ3n) is 2.30. The zero-order chi connectivity index (χ0) is 8.93. The lowest BCUT2D eigenvalue weighted by Gasteiger charge is -2.26. The summed E-state index contributed by atoms with van der Waals surface area (Å²) in [5.74, 6) is 0. The summed E-state index contributed by atoms with van der Waals surface area (Å²) in [6.07, 6.45) is 1.04. The second-order valence-corrected chi connectivity index (χ2v) is 3.85. The van der Waals surface area contributed by atoms with E-state index in [2.05, 4.69) is 19.8 Å². The van der Waals surface area contributed by atoms with Gasteiger partial charge in [-0.3, -0.25) is 0 Å². The summed E-state index contributed by atoms with van der Waals surface area (Å²) in [6.45, 7) is 5.69. The van der Waals surface area contributed by atoms with Gasteiger partial charge in [-0.05, 0) is 11.5 Å². The molecule has 2 heterocycles. The fourth-order valence-corrected chi connectivity index (χ4v) is 1.99.